The molecule has 3 rings (SSSR count). The van der Waals surface area contributed by atoms with E-state index >= 15 is 0 Å². The maximum absolute atomic E-state index is 12.5. The highest BCUT2D eigenvalue weighted by Crippen LogP contribution is 2.25. The zero-order chi connectivity index (χ0) is 22.6. The molecule has 0 fully saturated rings. The molecule has 0 unspecified atom stereocenters. The van der Waals surface area contributed by atoms with Gasteiger partial charge in [-0.15, -0.1) is 0 Å². The Labute approximate surface area is 188 Å². The molecule has 0 aliphatic rings. The molecule has 32 heavy (non-hydrogen) atoms. The Kier molecular flexibility index (Phi) is 8.57. The number of rotatable bonds is 12. The summed E-state index contributed by atoms with van der Waals surface area (Å²) in [4.78, 5) is 12.5. The molecule has 0 saturated heterocycles. The Hall–Kier alpha value is -3.93. The summed E-state index contributed by atoms with van der Waals surface area (Å²) >= 11 is 0. The highest BCUT2D eigenvalue weighted by molar-refractivity contribution is 5.95. The van der Waals surface area contributed by atoms with E-state index in [-0.39, 0.29) is 12.5 Å². The minimum absolute atomic E-state index is 0.0791. The second kappa shape index (κ2) is 12.1. The molecular formula is C26H28N2O4. The maximum Gasteiger partial charge on any atom is 0.243 e. The SMILES string of the molecule is C=C(C)COc1ccccc1NC(=O)CNc1ccccc1OCCOc1ccccc1. The van der Waals surface area contributed by atoms with Gasteiger partial charge in [0, 0.05) is 0 Å². The van der Waals surface area contributed by atoms with Crippen molar-refractivity contribution in [3.63, 3.8) is 0 Å². The van der Waals surface area contributed by atoms with E-state index in [0.29, 0.717) is 37.0 Å². The van der Waals surface area contributed by atoms with E-state index in [4.69, 9.17) is 14.2 Å². The van der Waals surface area contributed by atoms with Crippen molar-refractivity contribution >= 4 is 17.3 Å². The largest absolute Gasteiger partial charge is 0.490 e. The number of hydrogen-bond donors (Lipinski definition) is 2. The van der Waals surface area contributed by atoms with E-state index < -0.39 is 0 Å². The van der Waals surface area contributed by atoms with E-state index in [1.54, 1.807) is 6.07 Å². The summed E-state index contributed by atoms with van der Waals surface area (Å²) < 4.78 is 17.2. The number of ether oxygens (including phenoxy) is 3. The van der Waals surface area contributed by atoms with Gasteiger partial charge in [-0.25, -0.2) is 0 Å². The van der Waals surface area contributed by atoms with Gasteiger partial charge in [0.1, 0.15) is 37.1 Å². The predicted molar refractivity (Wildman–Crippen MR) is 128 cm³/mol. The molecule has 0 atom stereocenters. The van der Waals surface area contributed by atoms with Crippen LogP contribution in [0.25, 0.3) is 0 Å². The van der Waals surface area contributed by atoms with Crippen LogP contribution < -0.4 is 24.8 Å². The van der Waals surface area contributed by atoms with Gasteiger partial charge in [0.05, 0.1) is 17.9 Å². The molecule has 0 aliphatic heterocycles. The van der Waals surface area contributed by atoms with Gasteiger partial charge in [0.2, 0.25) is 5.91 Å². The van der Waals surface area contributed by atoms with Gasteiger partial charge in [-0.1, -0.05) is 49.0 Å². The molecule has 0 bridgehead atoms. The zero-order valence-electron chi connectivity index (χ0n) is 18.2. The molecule has 0 heterocycles. The van der Waals surface area contributed by atoms with E-state index in [2.05, 4.69) is 17.2 Å². The molecule has 0 saturated carbocycles. The predicted octanol–water partition coefficient (Wildman–Crippen LogP) is 5.15. The van der Waals surface area contributed by atoms with Crippen LogP contribution in [0.4, 0.5) is 11.4 Å². The van der Waals surface area contributed by atoms with Crippen LogP contribution in [0.5, 0.6) is 17.2 Å². The number of hydrogen-bond acceptors (Lipinski definition) is 5. The van der Waals surface area contributed by atoms with Crippen LogP contribution in [0.2, 0.25) is 0 Å². The highest BCUT2D eigenvalue weighted by atomic mass is 16.5. The van der Waals surface area contributed by atoms with E-state index in [9.17, 15) is 4.79 Å². The van der Waals surface area contributed by atoms with Crippen LogP contribution in [0.1, 0.15) is 6.92 Å². The van der Waals surface area contributed by atoms with Crippen LogP contribution >= 0.6 is 0 Å². The monoisotopic (exact) mass is 432 g/mol. The Morgan fingerprint density at radius 2 is 1.38 bits per heavy atom. The maximum atomic E-state index is 12.5. The molecule has 0 radical (unpaired) electrons. The molecule has 2 N–H and O–H groups in total. The quantitative estimate of drug-likeness (QED) is 0.306. The van der Waals surface area contributed by atoms with Gasteiger partial charge in [0.25, 0.3) is 0 Å². The van der Waals surface area contributed by atoms with Crippen molar-refractivity contribution in [2.75, 3.05) is 37.0 Å². The van der Waals surface area contributed by atoms with E-state index in [1.807, 2.05) is 79.7 Å². The lowest BCUT2D eigenvalue weighted by Gasteiger charge is -2.15. The van der Waals surface area contributed by atoms with Crippen LogP contribution in [0.15, 0.2) is 91.0 Å². The molecule has 1 amide bonds. The van der Waals surface area contributed by atoms with Gasteiger partial charge in [0.15, 0.2) is 0 Å². The fraction of sp³-hybridized carbons (Fsp3) is 0.192. The first-order valence-corrected chi connectivity index (χ1v) is 10.4. The number of amides is 1. The first-order valence-electron chi connectivity index (χ1n) is 10.4. The first kappa shape index (κ1) is 22.7. The van der Waals surface area contributed by atoms with Gasteiger partial charge in [-0.3, -0.25) is 4.79 Å². The normalized spacial score (nSPS) is 10.2. The third-order valence-electron chi connectivity index (χ3n) is 4.31. The Morgan fingerprint density at radius 1 is 0.781 bits per heavy atom. The average molecular weight is 433 g/mol. The van der Waals surface area contributed by atoms with Crippen LogP contribution in [0.3, 0.4) is 0 Å². The van der Waals surface area contributed by atoms with Crippen LogP contribution in [-0.2, 0) is 4.79 Å². The average Bonchev–Trinajstić information content (AvgIpc) is 2.81. The molecule has 3 aromatic rings. The minimum Gasteiger partial charge on any atom is -0.490 e. The van der Waals surface area contributed by atoms with Crippen molar-refractivity contribution < 1.29 is 19.0 Å². The second-order valence-electron chi connectivity index (χ2n) is 7.15. The summed E-state index contributed by atoms with van der Waals surface area (Å²) in [6, 6.07) is 24.4. The highest BCUT2D eigenvalue weighted by Gasteiger charge is 2.09. The number of para-hydroxylation sites is 5. The van der Waals surface area contributed by atoms with Gasteiger partial charge in [-0.05, 0) is 48.9 Å². The summed E-state index contributed by atoms with van der Waals surface area (Å²) in [7, 11) is 0. The minimum atomic E-state index is -0.196. The number of nitrogens with one attached hydrogen (secondary N) is 2. The second-order valence-corrected chi connectivity index (χ2v) is 7.15. The first-order chi connectivity index (χ1) is 15.6. The fourth-order valence-corrected chi connectivity index (χ4v) is 2.83. The smallest absolute Gasteiger partial charge is 0.243 e. The molecule has 0 aromatic heterocycles. The number of anilines is 2. The lowest BCUT2D eigenvalue weighted by molar-refractivity contribution is -0.114. The third kappa shape index (κ3) is 7.40. The van der Waals surface area contributed by atoms with Crippen molar-refractivity contribution in [2.24, 2.45) is 0 Å². The lowest BCUT2D eigenvalue weighted by Crippen LogP contribution is -2.22. The Balaban J connectivity index is 1.49. The van der Waals surface area contributed by atoms with Crippen LogP contribution in [0, 0.1) is 0 Å². The molecule has 0 spiro atoms. The van der Waals surface area contributed by atoms with Crippen molar-refractivity contribution in [1.29, 1.82) is 0 Å². The summed E-state index contributed by atoms with van der Waals surface area (Å²) in [6.07, 6.45) is 0. The summed E-state index contributed by atoms with van der Waals surface area (Å²) in [5.74, 6) is 1.86. The molecule has 166 valence electrons. The van der Waals surface area contributed by atoms with Crippen molar-refractivity contribution in [2.45, 2.75) is 6.92 Å². The molecule has 0 aliphatic carbocycles. The number of carbonyl (C=O) groups is 1. The summed E-state index contributed by atoms with van der Waals surface area (Å²) in [5, 5.41) is 6.01. The third-order valence-corrected chi connectivity index (χ3v) is 4.31. The van der Waals surface area contributed by atoms with E-state index in [1.165, 1.54) is 0 Å². The Morgan fingerprint density at radius 3 is 2.09 bits per heavy atom. The topological polar surface area (TPSA) is 68.8 Å². The molecule has 6 heteroatoms. The van der Waals surface area contributed by atoms with Gasteiger partial charge < -0.3 is 24.8 Å². The van der Waals surface area contributed by atoms with Gasteiger partial charge in [-0.2, -0.15) is 0 Å². The zero-order valence-corrected chi connectivity index (χ0v) is 18.2. The standard InChI is InChI=1S/C26H28N2O4/c1-20(2)19-32-25-15-9-7-13-23(25)28-26(29)18-27-22-12-6-8-14-24(22)31-17-16-30-21-10-4-3-5-11-21/h3-15,27H,1,16-19H2,2H3,(H,28,29). The van der Waals surface area contributed by atoms with Crippen molar-refractivity contribution in [3.8, 4) is 17.2 Å². The van der Waals surface area contributed by atoms with Gasteiger partial charge >= 0.3 is 0 Å². The van der Waals surface area contributed by atoms with Crippen molar-refractivity contribution in [1.82, 2.24) is 0 Å². The molecular weight excluding hydrogens is 404 g/mol. The molecule has 3 aromatic carbocycles. The number of carbonyl (C=O) groups excluding carboxylic acids is 1. The summed E-state index contributed by atoms with van der Waals surface area (Å²) in [6.45, 7) is 6.99. The fourth-order valence-electron chi connectivity index (χ4n) is 2.83. The van der Waals surface area contributed by atoms with Crippen LogP contribution in [-0.4, -0.2) is 32.3 Å². The van der Waals surface area contributed by atoms with E-state index in [0.717, 1.165) is 17.0 Å². The molecule has 6 nitrogen and oxygen atoms in total. The Bertz CT molecular complexity index is 1020. The number of benzene rings is 3. The van der Waals surface area contributed by atoms with Crippen molar-refractivity contribution in [3.05, 3.63) is 91.0 Å². The summed E-state index contributed by atoms with van der Waals surface area (Å²) in [5.41, 5.74) is 2.25. The lowest BCUT2D eigenvalue weighted by atomic mass is 10.2.